The molecule has 0 heterocycles. The lowest BCUT2D eigenvalue weighted by Gasteiger charge is -2.29. The van der Waals surface area contributed by atoms with Gasteiger partial charge in [0.05, 0.1) is 5.25 Å². The van der Waals surface area contributed by atoms with Crippen LogP contribution in [0.1, 0.15) is 57.1 Å². The predicted octanol–water partition coefficient (Wildman–Crippen LogP) is 3.30. The van der Waals surface area contributed by atoms with Gasteiger partial charge in [0.2, 0.25) is 10.0 Å². The van der Waals surface area contributed by atoms with Crippen LogP contribution in [0.3, 0.4) is 0 Å². The lowest BCUT2D eigenvalue weighted by molar-refractivity contribution is 0.323. The minimum Gasteiger partial charge on any atom is -0.385 e. The number of hydrogen-bond acceptors (Lipinski definition) is 4. The molecule has 1 saturated carbocycles. The summed E-state index contributed by atoms with van der Waals surface area (Å²) in [7, 11) is -3.16. The average Bonchev–Trinajstić information content (AvgIpc) is 2.94. The molecule has 1 fully saturated rings. The van der Waals surface area contributed by atoms with Crippen LogP contribution in [-0.2, 0) is 16.4 Å². The van der Waals surface area contributed by atoms with Gasteiger partial charge in [-0.15, -0.1) is 0 Å². The number of sulfonamides is 1. The Labute approximate surface area is 151 Å². The molecule has 0 atom stereocenters. The monoisotopic (exact) mass is 363 g/mol. The van der Waals surface area contributed by atoms with Gasteiger partial charge in [-0.2, -0.15) is 0 Å². The quantitative estimate of drug-likeness (QED) is 0.725. The molecule has 6 heteroatoms. The third-order valence-electron chi connectivity index (χ3n) is 5.47. The molecule has 0 radical (unpaired) electrons. The maximum Gasteiger partial charge on any atom is 0.214 e. The van der Waals surface area contributed by atoms with Gasteiger partial charge in [-0.05, 0) is 81.5 Å². The lowest BCUT2D eigenvalue weighted by atomic mass is 9.86. The highest BCUT2D eigenvalue weighted by atomic mass is 32.2. The van der Waals surface area contributed by atoms with Crippen LogP contribution in [0.25, 0.3) is 0 Å². The largest absolute Gasteiger partial charge is 0.385 e. The second-order valence-electron chi connectivity index (χ2n) is 7.66. The van der Waals surface area contributed by atoms with Gasteiger partial charge in [-0.3, -0.25) is 0 Å². The van der Waals surface area contributed by atoms with E-state index in [4.69, 9.17) is 5.41 Å². The van der Waals surface area contributed by atoms with Gasteiger partial charge < -0.3 is 10.7 Å². The maximum atomic E-state index is 12.0. The molecule has 0 amide bonds. The summed E-state index contributed by atoms with van der Waals surface area (Å²) in [6.45, 7) is 4.37. The molecule has 0 aromatic heterocycles. The van der Waals surface area contributed by atoms with E-state index in [2.05, 4.69) is 28.2 Å². The summed E-state index contributed by atoms with van der Waals surface area (Å²) in [4.78, 5) is 0. The van der Waals surface area contributed by atoms with E-state index in [0.717, 1.165) is 62.0 Å². The molecule has 2 aliphatic rings. The number of aryl methyl sites for hydroxylation is 1. The molecular formula is C19H29N3O2S. The average molecular weight is 364 g/mol. The molecule has 0 saturated heterocycles. The minimum absolute atomic E-state index is 0.0923. The van der Waals surface area contributed by atoms with Crippen molar-refractivity contribution >= 4 is 21.4 Å². The Kier molecular flexibility index (Phi) is 5.49. The Morgan fingerprint density at radius 2 is 1.88 bits per heavy atom. The van der Waals surface area contributed by atoms with Crippen LogP contribution < -0.4 is 10.0 Å². The number of fused-ring (bicyclic) bond motifs is 1. The molecule has 0 aliphatic heterocycles. The summed E-state index contributed by atoms with van der Waals surface area (Å²) in [5.74, 6) is 0.589. The highest BCUT2D eigenvalue weighted by Gasteiger charge is 2.26. The third kappa shape index (κ3) is 4.42. The maximum absolute atomic E-state index is 12.0. The summed E-state index contributed by atoms with van der Waals surface area (Å²) in [5.41, 5.74) is 4.27. The second-order valence-corrected chi connectivity index (χ2v) is 9.93. The first-order valence-electron chi connectivity index (χ1n) is 9.31. The number of anilines is 1. The summed E-state index contributed by atoms with van der Waals surface area (Å²) in [6.07, 6.45) is 5.76. The van der Waals surface area contributed by atoms with Gasteiger partial charge in [-0.1, -0.05) is 6.07 Å². The van der Waals surface area contributed by atoms with Crippen LogP contribution in [0.5, 0.6) is 0 Å². The first kappa shape index (κ1) is 18.4. The van der Waals surface area contributed by atoms with Gasteiger partial charge in [0.1, 0.15) is 0 Å². The molecule has 2 aliphatic carbocycles. The van der Waals surface area contributed by atoms with Gasteiger partial charge in [0.15, 0.2) is 0 Å². The molecule has 25 heavy (non-hydrogen) atoms. The van der Waals surface area contributed by atoms with Crippen molar-refractivity contribution in [1.82, 2.24) is 4.72 Å². The molecule has 1 aromatic rings. The molecule has 0 spiro atoms. The first-order chi connectivity index (χ1) is 11.8. The Morgan fingerprint density at radius 3 is 2.56 bits per heavy atom. The van der Waals surface area contributed by atoms with Crippen molar-refractivity contribution in [1.29, 1.82) is 5.41 Å². The summed E-state index contributed by atoms with van der Waals surface area (Å²) < 4.78 is 26.8. The number of benzene rings is 1. The van der Waals surface area contributed by atoms with Crippen LogP contribution in [0.4, 0.5) is 5.69 Å². The Morgan fingerprint density at radius 1 is 1.16 bits per heavy atom. The molecular weight excluding hydrogens is 334 g/mol. The number of nitrogens with one attached hydrogen (secondary N) is 3. The molecule has 0 bridgehead atoms. The summed E-state index contributed by atoms with van der Waals surface area (Å²) in [6, 6.07) is 6.40. The lowest BCUT2D eigenvalue weighted by Crippen LogP contribution is -2.41. The van der Waals surface area contributed by atoms with Crippen molar-refractivity contribution in [3.8, 4) is 0 Å². The van der Waals surface area contributed by atoms with E-state index in [9.17, 15) is 8.42 Å². The van der Waals surface area contributed by atoms with Gasteiger partial charge >= 0.3 is 0 Å². The van der Waals surface area contributed by atoms with E-state index in [1.807, 2.05) is 0 Å². The zero-order chi connectivity index (χ0) is 18.0. The fourth-order valence-corrected chi connectivity index (χ4v) is 4.69. The second kappa shape index (κ2) is 7.46. The van der Waals surface area contributed by atoms with E-state index >= 15 is 0 Å². The first-order valence-corrected chi connectivity index (χ1v) is 10.9. The van der Waals surface area contributed by atoms with E-state index < -0.39 is 10.0 Å². The van der Waals surface area contributed by atoms with Crippen molar-refractivity contribution in [2.45, 2.75) is 63.7 Å². The van der Waals surface area contributed by atoms with Gasteiger partial charge in [0.25, 0.3) is 0 Å². The molecule has 0 unspecified atom stereocenters. The Balaban J connectivity index is 1.46. The zero-order valence-corrected chi connectivity index (χ0v) is 16.0. The summed E-state index contributed by atoms with van der Waals surface area (Å²) in [5, 5.41) is 11.1. The normalized spacial score (nSPS) is 23.7. The third-order valence-corrected chi connectivity index (χ3v) is 7.37. The van der Waals surface area contributed by atoms with Crippen molar-refractivity contribution in [2.75, 3.05) is 11.9 Å². The molecule has 5 nitrogen and oxygen atoms in total. The topological polar surface area (TPSA) is 82.1 Å². The van der Waals surface area contributed by atoms with Crippen LogP contribution >= 0.6 is 0 Å². The van der Waals surface area contributed by atoms with Gasteiger partial charge in [-0.25, -0.2) is 13.1 Å². The number of rotatable bonds is 6. The van der Waals surface area contributed by atoms with Crippen molar-refractivity contribution in [3.05, 3.63) is 29.3 Å². The molecule has 3 rings (SSSR count). The van der Waals surface area contributed by atoms with Crippen molar-refractivity contribution in [3.63, 3.8) is 0 Å². The highest BCUT2D eigenvalue weighted by molar-refractivity contribution is 7.90. The molecule has 3 N–H and O–H groups in total. The smallest absolute Gasteiger partial charge is 0.214 e. The van der Waals surface area contributed by atoms with E-state index in [0.29, 0.717) is 5.92 Å². The zero-order valence-electron chi connectivity index (χ0n) is 15.1. The van der Waals surface area contributed by atoms with Crippen LogP contribution in [0.15, 0.2) is 18.2 Å². The number of hydrogen-bond donors (Lipinski definition) is 3. The predicted molar refractivity (Wildman–Crippen MR) is 103 cm³/mol. The Bertz CT molecular complexity index is 735. The highest BCUT2D eigenvalue weighted by Crippen LogP contribution is 2.28. The van der Waals surface area contributed by atoms with E-state index in [1.54, 1.807) is 13.8 Å². The van der Waals surface area contributed by atoms with Crippen LogP contribution in [0.2, 0.25) is 0 Å². The van der Waals surface area contributed by atoms with Crippen LogP contribution in [-0.4, -0.2) is 32.0 Å². The standard InChI is InChI=1S/C19H29N3O2S/c1-13(2)25(23,24)22-16-6-3-14(4-7-16)12-21-17-8-9-18-15(11-17)5-10-19(18)20/h8-9,11,13-14,16,20-22H,3-7,10,12H2,1-2H3. The van der Waals surface area contributed by atoms with Crippen molar-refractivity contribution < 1.29 is 8.42 Å². The van der Waals surface area contributed by atoms with Crippen molar-refractivity contribution in [2.24, 2.45) is 5.92 Å². The van der Waals surface area contributed by atoms with E-state index in [-0.39, 0.29) is 11.3 Å². The fraction of sp³-hybridized carbons (Fsp3) is 0.632. The molecule has 138 valence electrons. The van der Waals surface area contributed by atoms with Crippen LogP contribution in [0, 0.1) is 11.3 Å². The Hall–Kier alpha value is -1.40. The molecule has 1 aromatic carbocycles. The summed E-state index contributed by atoms with van der Waals surface area (Å²) >= 11 is 0. The minimum atomic E-state index is -3.16. The van der Waals surface area contributed by atoms with E-state index in [1.165, 1.54) is 5.56 Å². The fourth-order valence-electron chi connectivity index (χ4n) is 3.71. The SMILES string of the molecule is CC(C)S(=O)(=O)NC1CCC(CNc2ccc3c(c2)CCC3=N)CC1. The van der Waals surface area contributed by atoms with Gasteiger partial charge in [0, 0.05) is 24.0 Å².